The number of pyridine rings is 1. The second-order valence-electron chi connectivity index (χ2n) is 6.89. The predicted molar refractivity (Wildman–Crippen MR) is 82.0 cm³/mol. The minimum absolute atomic E-state index is 0.325. The first-order chi connectivity index (χ1) is 8.76. The largest absolute Gasteiger partial charge is 0.309 e. The Kier molecular flexibility index (Phi) is 5.95. The molecule has 108 valence electrons. The molecule has 1 heterocycles. The molecule has 0 fully saturated rings. The van der Waals surface area contributed by atoms with Gasteiger partial charge in [-0.3, -0.25) is 4.98 Å². The van der Waals surface area contributed by atoms with Gasteiger partial charge in [0.15, 0.2) is 0 Å². The van der Waals surface area contributed by atoms with E-state index in [-0.39, 0.29) is 0 Å². The van der Waals surface area contributed by atoms with Crippen LogP contribution < -0.4 is 5.32 Å². The zero-order valence-corrected chi connectivity index (χ0v) is 13.3. The van der Waals surface area contributed by atoms with E-state index < -0.39 is 0 Å². The van der Waals surface area contributed by atoms with Crippen molar-refractivity contribution in [2.75, 3.05) is 13.6 Å². The van der Waals surface area contributed by atoms with E-state index in [1.807, 2.05) is 0 Å². The van der Waals surface area contributed by atoms with Crippen LogP contribution >= 0.6 is 0 Å². The van der Waals surface area contributed by atoms with Gasteiger partial charge in [-0.25, -0.2) is 0 Å². The summed E-state index contributed by atoms with van der Waals surface area (Å²) in [5.74, 6) is 0. The molecule has 1 N–H and O–H groups in total. The van der Waals surface area contributed by atoms with E-state index in [2.05, 4.69) is 70.1 Å². The molecule has 0 aliphatic heterocycles. The molecule has 1 aromatic rings. The summed E-state index contributed by atoms with van der Waals surface area (Å²) < 4.78 is 0. The quantitative estimate of drug-likeness (QED) is 0.855. The molecule has 1 rings (SSSR count). The number of hydrogen-bond donors (Lipinski definition) is 1. The van der Waals surface area contributed by atoms with E-state index in [9.17, 15) is 0 Å². The van der Waals surface area contributed by atoms with Crippen LogP contribution in [0.2, 0.25) is 0 Å². The molecule has 0 aromatic carbocycles. The van der Waals surface area contributed by atoms with Gasteiger partial charge in [0.25, 0.3) is 0 Å². The van der Waals surface area contributed by atoms with Crippen LogP contribution in [0, 0.1) is 5.41 Å². The van der Waals surface area contributed by atoms with Crippen molar-refractivity contribution in [3.05, 3.63) is 29.6 Å². The molecule has 1 aromatic heterocycles. The van der Waals surface area contributed by atoms with E-state index in [0.29, 0.717) is 11.5 Å². The number of aromatic nitrogens is 1. The van der Waals surface area contributed by atoms with Crippen molar-refractivity contribution in [1.82, 2.24) is 15.2 Å². The average molecular weight is 263 g/mol. The maximum atomic E-state index is 4.71. The first kappa shape index (κ1) is 16.1. The standard InChI is InChI=1S/C16H29N3/c1-13(2)17-10-14-8-7-9-15(18-14)11-19(6)12-16(3,4)5/h7-9,13,17H,10-12H2,1-6H3. The van der Waals surface area contributed by atoms with Crippen LogP contribution in [0.3, 0.4) is 0 Å². The smallest absolute Gasteiger partial charge is 0.0547 e. The van der Waals surface area contributed by atoms with Gasteiger partial charge in [0.05, 0.1) is 11.4 Å². The normalized spacial score (nSPS) is 12.4. The zero-order chi connectivity index (χ0) is 14.5. The van der Waals surface area contributed by atoms with Gasteiger partial charge >= 0.3 is 0 Å². The fourth-order valence-electron chi connectivity index (χ4n) is 2.17. The fourth-order valence-corrected chi connectivity index (χ4v) is 2.17. The summed E-state index contributed by atoms with van der Waals surface area (Å²) >= 11 is 0. The summed E-state index contributed by atoms with van der Waals surface area (Å²) in [5, 5.41) is 3.40. The van der Waals surface area contributed by atoms with Gasteiger partial charge in [-0.2, -0.15) is 0 Å². The lowest BCUT2D eigenvalue weighted by Gasteiger charge is -2.26. The molecule has 0 radical (unpaired) electrons. The summed E-state index contributed by atoms with van der Waals surface area (Å²) in [7, 11) is 2.16. The van der Waals surface area contributed by atoms with E-state index in [4.69, 9.17) is 4.98 Å². The Balaban J connectivity index is 2.56. The lowest BCUT2D eigenvalue weighted by atomic mass is 9.96. The zero-order valence-electron chi connectivity index (χ0n) is 13.3. The third-order valence-corrected chi connectivity index (χ3v) is 2.73. The van der Waals surface area contributed by atoms with Crippen LogP contribution in [-0.4, -0.2) is 29.5 Å². The van der Waals surface area contributed by atoms with Gasteiger partial charge in [0.1, 0.15) is 0 Å². The molecule has 0 unspecified atom stereocenters. The SMILES string of the molecule is CC(C)NCc1cccc(CN(C)CC(C)(C)C)n1. The summed E-state index contributed by atoms with van der Waals surface area (Å²) in [4.78, 5) is 7.05. The third kappa shape index (κ3) is 7.28. The van der Waals surface area contributed by atoms with Crippen molar-refractivity contribution in [2.24, 2.45) is 5.41 Å². The van der Waals surface area contributed by atoms with Gasteiger partial charge in [-0.1, -0.05) is 40.7 Å². The summed E-state index contributed by atoms with van der Waals surface area (Å²) in [6.45, 7) is 13.9. The molecule has 0 saturated heterocycles. The van der Waals surface area contributed by atoms with Crippen molar-refractivity contribution in [3.63, 3.8) is 0 Å². The lowest BCUT2D eigenvalue weighted by Crippen LogP contribution is -2.29. The van der Waals surface area contributed by atoms with Gasteiger partial charge in [-0.05, 0) is 24.6 Å². The molecular formula is C16H29N3. The van der Waals surface area contributed by atoms with Crippen molar-refractivity contribution >= 4 is 0 Å². The molecule has 0 aliphatic carbocycles. The second-order valence-corrected chi connectivity index (χ2v) is 6.89. The van der Waals surface area contributed by atoms with Crippen molar-refractivity contribution in [3.8, 4) is 0 Å². The highest BCUT2D eigenvalue weighted by molar-refractivity contribution is 5.11. The molecule has 0 saturated carbocycles. The first-order valence-corrected chi connectivity index (χ1v) is 7.13. The molecule has 3 nitrogen and oxygen atoms in total. The van der Waals surface area contributed by atoms with Crippen molar-refractivity contribution in [1.29, 1.82) is 0 Å². The topological polar surface area (TPSA) is 28.2 Å². The minimum atomic E-state index is 0.325. The number of hydrogen-bond acceptors (Lipinski definition) is 3. The van der Waals surface area contributed by atoms with Gasteiger partial charge in [0.2, 0.25) is 0 Å². The summed E-state index contributed by atoms with van der Waals surface area (Å²) in [6, 6.07) is 6.79. The average Bonchev–Trinajstić information content (AvgIpc) is 2.24. The van der Waals surface area contributed by atoms with Gasteiger partial charge in [0, 0.05) is 25.7 Å². The minimum Gasteiger partial charge on any atom is -0.309 e. The van der Waals surface area contributed by atoms with Crippen LogP contribution in [-0.2, 0) is 13.1 Å². The predicted octanol–water partition coefficient (Wildman–Crippen LogP) is 3.06. The Morgan fingerprint density at radius 3 is 2.42 bits per heavy atom. The number of rotatable bonds is 6. The molecule has 3 heteroatoms. The van der Waals surface area contributed by atoms with E-state index >= 15 is 0 Å². The third-order valence-electron chi connectivity index (χ3n) is 2.73. The molecule has 19 heavy (non-hydrogen) atoms. The molecule has 0 amide bonds. The van der Waals surface area contributed by atoms with Crippen molar-refractivity contribution in [2.45, 2.75) is 53.8 Å². The van der Waals surface area contributed by atoms with Crippen LogP contribution in [0.15, 0.2) is 18.2 Å². The van der Waals surface area contributed by atoms with Crippen LogP contribution in [0.5, 0.6) is 0 Å². The Morgan fingerprint density at radius 2 is 1.84 bits per heavy atom. The van der Waals surface area contributed by atoms with Gasteiger partial charge in [-0.15, -0.1) is 0 Å². The molecular weight excluding hydrogens is 234 g/mol. The highest BCUT2D eigenvalue weighted by Crippen LogP contribution is 2.15. The molecule has 0 aliphatic rings. The van der Waals surface area contributed by atoms with Crippen LogP contribution in [0.4, 0.5) is 0 Å². The fraction of sp³-hybridized carbons (Fsp3) is 0.688. The van der Waals surface area contributed by atoms with E-state index in [1.165, 1.54) is 0 Å². The monoisotopic (exact) mass is 263 g/mol. The lowest BCUT2D eigenvalue weighted by molar-refractivity contribution is 0.219. The second kappa shape index (κ2) is 7.01. The van der Waals surface area contributed by atoms with Crippen LogP contribution in [0.1, 0.15) is 46.0 Å². The highest BCUT2D eigenvalue weighted by Gasteiger charge is 2.14. The Bertz CT molecular complexity index is 380. The highest BCUT2D eigenvalue weighted by atomic mass is 15.1. The van der Waals surface area contributed by atoms with Gasteiger partial charge < -0.3 is 10.2 Å². The Labute approximate surface area is 118 Å². The van der Waals surface area contributed by atoms with Crippen LogP contribution in [0.25, 0.3) is 0 Å². The molecule has 0 atom stereocenters. The van der Waals surface area contributed by atoms with E-state index in [1.54, 1.807) is 0 Å². The van der Waals surface area contributed by atoms with E-state index in [0.717, 1.165) is 31.0 Å². The first-order valence-electron chi connectivity index (χ1n) is 7.13. The molecule has 0 bridgehead atoms. The Morgan fingerprint density at radius 1 is 1.21 bits per heavy atom. The maximum Gasteiger partial charge on any atom is 0.0547 e. The number of nitrogens with one attached hydrogen (secondary N) is 1. The Hall–Kier alpha value is -0.930. The number of nitrogens with zero attached hydrogens (tertiary/aromatic N) is 2. The maximum absolute atomic E-state index is 4.71. The molecule has 0 spiro atoms. The summed E-state index contributed by atoms with van der Waals surface area (Å²) in [5.41, 5.74) is 2.59. The van der Waals surface area contributed by atoms with Crippen molar-refractivity contribution < 1.29 is 0 Å². The summed E-state index contributed by atoms with van der Waals surface area (Å²) in [6.07, 6.45) is 0.